The quantitative estimate of drug-likeness (QED) is 0.332. The molecule has 36 heavy (non-hydrogen) atoms. The first-order valence-corrected chi connectivity index (χ1v) is 12.0. The Hall–Kier alpha value is -2.82. The second-order valence-electron chi connectivity index (χ2n) is 9.30. The van der Waals surface area contributed by atoms with Crippen LogP contribution in [0.4, 0.5) is 32.2 Å². The van der Waals surface area contributed by atoms with Crippen LogP contribution in [0.25, 0.3) is 11.1 Å². The van der Waals surface area contributed by atoms with Crippen LogP contribution in [0.5, 0.6) is 0 Å². The molecule has 0 atom stereocenters. The molecule has 1 fully saturated rings. The van der Waals surface area contributed by atoms with Crippen molar-refractivity contribution in [3.8, 4) is 0 Å². The van der Waals surface area contributed by atoms with Crippen molar-refractivity contribution in [2.75, 3.05) is 18.0 Å². The average molecular weight is 515 g/mol. The molecule has 11 heteroatoms. The Bertz CT molecular complexity index is 1170. The van der Waals surface area contributed by atoms with Crippen LogP contribution >= 0.6 is 0 Å². The highest BCUT2D eigenvalue weighted by atomic mass is 19.4. The van der Waals surface area contributed by atoms with Gasteiger partial charge in [0.05, 0.1) is 22.2 Å². The third kappa shape index (κ3) is 5.93. The SMILES string of the molecule is CCN(CC1CCCC1)c1nc2onc(C)c2cc1CNCc1cc(C(F)(F)F)cc(C(F)(F)F)c1. The third-order valence-electron chi connectivity index (χ3n) is 6.63. The van der Waals surface area contributed by atoms with Crippen molar-refractivity contribution in [3.05, 3.63) is 52.2 Å². The first-order valence-electron chi connectivity index (χ1n) is 12.0. The number of fused-ring (bicyclic) bond motifs is 1. The lowest BCUT2D eigenvalue weighted by Crippen LogP contribution is -2.31. The van der Waals surface area contributed by atoms with Crippen molar-refractivity contribution in [1.29, 1.82) is 0 Å². The van der Waals surface area contributed by atoms with Gasteiger partial charge in [0, 0.05) is 31.7 Å². The fourth-order valence-electron chi connectivity index (χ4n) is 4.76. The topological polar surface area (TPSA) is 54.2 Å². The van der Waals surface area contributed by atoms with E-state index in [1.807, 2.05) is 13.0 Å². The van der Waals surface area contributed by atoms with E-state index in [4.69, 9.17) is 4.52 Å². The van der Waals surface area contributed by atoms with E-state index in [0.717, 1.165) is 37.1 Å². The van der Waals surface area contributed by atoms with E-state index >= 15 is 0 Å². The van der Waals surface area contributed by atoms with E-state index in [1.165, 1.54) is 12.8 Å². The molecule has 0 unspecified atom stereocenters. The maximum absolute atomic E-state index is 13.2. The molecule has 0 saturated heterocycles. The van der Waals surface area contributed by atoms with Crippen LogP contribution in [0.1, 0.15) is 60.6 Å². The molecule has 1 aromatic carbocycles. The molecule has 0 bridgehead atoms. The van der Waals surface area contributed by atoms with E-state index < -0.39 is 23.5 Å². The smallest absolute Gasteiger partial charge is 0.356 e. The van der Waals surface area contributed by atoms with Crippen LogP contribution in [-0.4, -0.2) is 23.2 Å². The van der Waals surface area contributed by atoms with Crippen LogP contribution in [0.3, 0.4) is 0 Å². The van der Waals surface area contributed by atoms with Crippen molar-refractivity contribution in [3.63, 3.8) is 0 Å². The predicted molar refractivity (Wildman–Crippen MR) is 123 cm³/mol. The maximum Gasteiger partial charge on any atom is 0.416 e. The zero-order valence-corrected chi connectivity index (χ0v) is 20.1. The zero-order chi connectivity index (χ0) is 26.1. The molecular formula is C25H28F6N4O. The molecule has 0 radical (unpaired) electrons. The fourth-order valence-corrected chi connectivity index (χ4v) is 4.76. The number of nitrogens with zero attached hydrogens (tertiary/aromatic N) is 3. The summed E-state index contributed by atoms with van der Waals surface area (Å²) in [7, 11) is 0. The van der Waals surface area contributed by atoms with Gasteiger partial charge in [-0.1, -0.05) is 18.0 Å². The maximum atomic E-state index is 13.2. The van der Waals surface area contributed by atoms with E-state index in [2.05, 4.69) is 20.4 Å². The summed E-state index contributed by atoms with van der Waals surface area (Å²) in [5, 5.41) is 7.70. The first kappa shape index (κ1) is 26.2. The molecule has 0 amide bonds. The average Bonchev–Trinajstić information content (AvgIpc) is 3.45. The Morgan fingerprint density at radius 2 is 1.61 bits per heavy atom. The molecule has 1 aliphatic rings. The third-order valence-corrected chi connectivity index (χ3v) is 6.63. The van der Waals surface area contributed by atoms with Crippen molar-refractivity contribution in [2.24, 2.45) is 5.92 Å². The molecule has 1 aliphatic carbocycles. The summed E-state index contributed by atoms with van der Waals surface area (Å²) >= 11 is 0. The number of benzene rings is 1. The summed E-state index contributed by atoms with van der Waals surface area (Å²) < 4.78 is 84.6. The molecule has 2 aromatic heterocycles. The van der Waals surface area contributed by atoms with Crippen LogP contribution < -0.4 is 10.2 Å². The highest BCUT2D eigenvalue weighted by molar-refractivity contribution is 5.79. The highest BCUT2D eigenvalue weighted by Crippen LogP contribution is 2.36. The van der Waals surface area contributed by atoms with Crippen molar-refractivity contribution < 1.29 is 30.9 Å². The number of hydrogen-bond acceptors (Lipinski definition) is 5. The molecule has 0 aliphatic heterocycles. The number of rotatable bonds is 8. The fraction of sp³-hybridized carbons (Fsp3) is 0.520. The minimum Gasteiger partial charge on any atom is -0.356 e. The number of hydrogen-bond donors (Lipinski definition) is 1. The summed E-state index contributed by atoms with van der Waals surface area (Å²) in [4.78, 5) is 6.84. The van der Waals surface area contributed by atoms with Gasteiger partial charge in [0.25, 0.3) is 5.71 Å². The minimum atomic E-state index is -4.88. The number of pyridine rings is 1. The minimum absolute atomic E-state index is 0.104. The number of halogens is 6. The van der Waals surface area contributed by atoms with Crippen LogP contribution in [0, 0.1) is 12.8 Å². The van der Waals surface area contributed by atoms with Gasteiger partial charge < -0.3 is 14.7 Å². The van der Waals surface area contributed by atoms with Crippen molar-refractivity contribution in [2.45, 2.75) is 65.0 Å². The van der Waals surface area contributed by atoms with Gasteiger partial charge in [0.1, 0.15) is 5.82 Å². The Morgan fingerprint density at radius 3 is 2.19 bits per heavy atom. The van der Waals surface area contributed by atoms with Gasteiger partial charge in [-0.2, -0.15) is 31.3 Å². The lowest BCUT2D eigenvalue weighted by molar-refractivity contribution is -0.143. The lowest BCUT2D eigenvalue weighted by Gasteiger charge is -2.27. The highest BCUT2D eigenvalue weighted by Gasteiger charge is 2.36. The summed E-state index contributed by atoms with van der Waals surface area (Å²) in [6.45, 7) is 5.33. The molecule has 0 spiro atoms. The summed E-state index contributed by atoms with van der Waals surface area (Å²) in [5.41, 5.74) is -0.942. The normalized spacial score (nSPS) is 15.2. The number of aryl methyl sites for hydroxylation is 1. The Morgan fingerprint density at radius 1 is 0.972 bits per heavy atom. The summed E-state index contributed by atoms with van der Waals surface area (Å²) in [6, 6.07) is 3.50. The molecule has 1 N–H and O–H groups in total. The molecule has 2 heterocycles. The molecule has 5 nitrogen and oxygen atoms in total. The molecule has 1 saturated carbocycles. The lowest BCUT2D eigenvalue weighted by atomic mass is 10.0. The monoisotopic (exact) mass is 514 g/mol. The number of anilines is 1. The molecule has 196 valence electrons. The van der Waals surface area contributed by atoms with Crippen molar-refractivity contribution in [1.82, 2.24) is 15.5 Å². The first-order chi connectivity index (χ1) is 17.0. The van der Waals surface area contributed by atoms with Gasteiger partial charge >= 0.3 is 12.4 Å². The van der Waals surface area contributed by atoms with Crippen LogP contribution in [-0.2, 0) is 25.4 Å². The molecular weight excluding hydrogens is 486 g/mol. The largest absolute Gasteiger partial charge is 0.416 e. The Balaban J connectivity index is 1.59. The van der Waals surface area contributed by atoms with Crippen LogP contribution in [0.15, 0.2) is 28.8 Å². The van der Waals surface area contributed by atoms with Gasteiger partial charge in [-0.3, -0.25) is 0 Å². The van der Waals surface area contributed by atoms with Crippen molar-refractivity contribution >= 4 is 16.9 Å². The van der Waals surface area contributed by atoms with Gasteiger partial charge in [-0.15, -0.1) is 0 Å². The zero-order valence-electron chi connectivity index (χ0n) is 20.1. The summed E-state index contributed by atoms with van der Waals surface area (Å²) in [5.74, 6) is 1.23. The second-order valence-corrected chi connectivity index (χ2v) is 9.30. The number of aromatic nitrogens is 2. The predicted octanol–water partition coefficient (Wildman–Crippen LogP) is 6.88. The molecule has 3 aromatic rings. The van der Waals surface area contributed by atoms with E-state index in [-0.39, 0.29) is 24.7 Å². The summed E-state index contributed by atoms with van der Waals surface area (Å²) in [6.07, 6.45) is -5.09. The second kappa shape index (κ2) is 10.3. The van der Waals surface area contributed by atoms with Gasteiger partial charge in [-0.25, -0.2) is 0 Å². The molecule has 4 rings (SSSR count). The number of alkyl halides is 6. The number of nitrogens with one attached hydrogen (secondary N) is 1. The van der Waals surface area contributed by atoms with Crippen LogP contribution in [0.2, 0.25) is 0 Å². The van der Waals surface area contributed by atoms with E-state index in [0.29, 0.717) is 35.1 Å². The van der Waals surface area contributed by atoms with Gasteiger partial charge in [-0.05, 0) is 62.4 Å². The Labute approximate surface area is 204 Å². The van der Waals surface area contributed by atoms with Gasteiger partial charge in [0.2, 0.25) is 0 Å². The van der Waals surface area contributed by atoms with E-state index in [1.54, 1.807) is 6.92 Å². The van der Waals surface area contributed by atoms with E-state index in [9.17, 15) is 26.3 Å². The standard InChI is InChI=1S/C25H28F6N4O/c1-3-35(14-16-6-4-5-7-16)22-18(10-21-15(2)34-36-23(21)33-22)13-32-12-17-8-19(24(26,27)28)11-20(9-17)25(29,30)31/h8-11,16,32H,3-7,12-14H2,1-2H3. The Kier molecular flexibility index (Phi) is 7.49. The van der Waals surface area contributed by atoms with Gasteiger partial charge in [0.15, 0.2) is 0 Å².